The normalized spacial score (nSPS) is 47.1. The molecular weight excluding hydrogens is 568 g/mol. The first-order valence-corrected chi connectivity index (χ1v) is 18.4. The van der Waals surface area contributed by atoms with Crippen molar-refractivity contribution in [2.75, 3.05) is 46.5 Å². The molecule has 0 aromatic heterocycles. The van der Waals surface area contributed by atoms with Gasteiger partial charge in [-0.15, -0.1) is 0 Å². The van der Waals surface area contributed by atoms with Crippen molar-refractivity contribution >= 4 is 5.91 Å². The first-order chi connectivity index (χ1) is 21.3. The summed E-state index contributed by atoms with van der Waals surface area (Å²) in [7, 11) is 1.65. The largest absolute Gasteiger partial charge is 0.390 e. The van der Waals surface area contributed by atoms with Gasteiger partial charge in [-0.3, -0.25) is 9.69 Å². The number of carbonyl (C=O) groups excluding carboxylic acids is 1. The lowest BCUT2D eigenvalue weighted by atomic mass is 9.46. The second-order valence-corrected chi connectivity index (χ2v) is 17.9. The van der Waals surface area contributed by atoms with Crippen LogP contribution in [0.4, 0.5) is 0 Å². The topological polar surface area (TPSA) is 89.5 Å². The average molecular weight is 631 g/mol. The summed E-state index contributed by atoms with van der Waals surface area (Å²) in [4.78, 5) is 14.6. The van der Waals surface area contributed by atoms with Crippen LogP contribution in [-0.4, -0.2) is 92.6 Å². The van der Waals surface area contributed by atoms with Gasteiger partial charge in [0, 0.05) is 26.6 Å². The average Bonchev–Trinajstić information content (AvgIpc) is 3.54. The van der Waals surface area contributed by atoms with E-state index in [9.17, 15) is 9.90 Å². The standard InChI is InChI=1S/C37H62N2O6/c1-33(2,41)20-24-7-8-26-28(44-24)19-27-25-9-10-29-34(3,4)30(11-12-37(29)23-36(25,37)14-13-35(26,27)5)45-32-22-39(16-18-43-32)21-31(40)38-15-17-42-6/h24-30,32,41H,7-23H2,1-6H3,(H,38,40). The van der Waals surface area contributed by atoms with E-state index in [1.165, 1.54) is 51.4 Å². The maximum Gasteiger partial charge on any atom is 0.234 e. The van der Waals surface area contributed by atoms with Crippen LogP contribution < -0.4 is 5.32 Å². The number of fused-ring (bicyclic) bond motifs is 4. The van der Waals surface area contributed by atoms with Crippen molar-refractivity contribution < 1.29 is 28.8 Å². The highest BCUT2D eigenvalue weighted by Crippen LogP contribution is 2.87. The Bertz CT molecular complexity index is 1110. The third-order valence-corrected chi connectivity index (χ3v) is 14.8. The zero-order valence-electron chi connectivity index (χ0n) is 29.1. The molecule has 7 rings (SSSR count). The Morgan fingerprint density at radius 1 is 1.02 bits per heavy atom. The van der Waals surface area contributed by atoms with E-state index in [0.717, 1.165) is 37.6 Å². The number of rotatable bonds is 9. The number of nitrogens with zero attached hydrogens (tertiary/aromatic N) is 1. The smallest absolute Gasteiger partial charge is 0.234 e. The molecule has 8 nitrogen and oxygen atoms in total. The minimum absolute atomic E-state index is 0.0361. The number of aliphatic hydroxyl groups is 1. The summed E-state index contributed by atoms with van der Waals surface area (Å²) in [5.74, 6) is 3.05. The fourth-order valence-electron chi connectivity index (χ4n) is 12.9. The maximum atomic E-state index is 12.4. The highest BCUT2D eigenvalue weighted by molar-refractivity contribution is 5.78. The van der Waals surface area contributed by atoms with Gasteiger partial charge in [0.25, 0.3) is 0 Å². The van der Waals surface area contributed by atoms with Crippen molar-refractivity contribution in [1.82, 2.24) is 10.2 Å². The Hall–Kier alpha value is -0.770. The van der Waals surface area contributed by atoms with Crippen LogP contribution >= 0.6 is 0 Å². The van der Waals surface area contributed by atoms with Gasteiger partial charge in [-0.05, 0) is 123 Å². The van der Waals surface area contributed by atoms with Crippen LogP contribution in [0.2, 0.25) is 0 Å². The zero-order chi connectivity index (χ0) is 31.8. The summed E-state index contributed by atoms with van der Waals surface area (Å²) >= 11 is 0. The molecule has 2 aliphatic heterocycles. The Labute approximate surface area is 272 Å². The Kier molecular flexibility index (Phi) is 8.51. The molecule has 11 atom stereocenters. The number of methoxy groups -OCH3 is 1. The van der Waals surface area contributed by atoms with Crippen LogP contribution in [-0.2, 0) is 23.7 Å². The summed E-state index contributed by atoms with van der Waals surface area (Å²) in [6.45, 7) is 14.9. The van der Waals surface area contributed by atoms with Crippen molar-refractivity contribution in [3.8, 4) is 0 Å². The summed E-state index contributed by atoms with van der Waals surface area (Å²) in [5.41, 5.74) is 0.869. The maximum absolute atomic E-state index is 12.4. The molecule has 1 amide bonds. The lowest BCUT2D eigenvalue weighted by Gasteiger charge is -2.60. The second-order valence-electron chi connectivity index (χ2n) is 17.9. The number of ether oxygens (including phenoxy) is 4. The summed E-state index contributed by atoms with van der Waals surface area (Å²) in [6.07, 6.45) is 14.2. The minimum Gasteiger partial charge on any atom is -0.390 e. The SMILES string of the molecule is COCCNC(=O)CN1CCOC(OC2CCC34CC35CCC3(C)C6CCC(CC(C)(C)O)OC6CC3C5CCC4C2(C)C)C1. The summed E-state index contributed by atoms with van der Waals surface area (Å²) in [6, 6.07) is 0. The summed E-state index contributed by atoms with van der Waals surface area (Å²) in [5, 5.41) is 13.4. The lowest BCUT2D eigenvalue weighted by molar-refractivity contribution is -0.244. The first kappa shape index (κ1) is 32.8. The molecule has 0 aromatic rings. The lowest BCUT2D eigenvalue weighted by Crippen LogP contribution is -2.56. The Balaban J connectivity index is 0.995. The third-order valence-electron chi connectivity index (χ3n) is 14.8. The van der Waals surface area contributed by atoms with Gasteiger partial charge in [0.05, 0.1) is 50.2 Å². The molecule has 5 aliphatic carbocycles. The van der Waals surface area contributed by atoms with Gasteiger partial charge in [0.1, 0.15) is 0 Å². The number of nitrogens with one attached hydrogen (secondary N) is 1. The Morgan fingerprint density at radius 2 is 1.82 bits per heavy atom. The zero-order valence-corrected chi connectivity index (χ0v) is 29.1. The van der Waals surface area contributed by atoms with Crippen molar-refractivity contribution in [3.05, 3.63) is 0 Å². The van der Waals surface area contributed by atoms with Gasteiger partial charge in [-0.25, -0.2) is 0 Å². The number of carbonyl (C=O) groups is 1. The van der Waals surface area contributed by atoms with E-state index in [1.54, 1.807) is 7.11 Å². The van der Waals surface area contributed by atoms with E-state index in [-0.39, 0.29) is 29.8 Å². The molecule has 0 aromatic carbocycles. The quantitative estimate of drug-likeness (QED) is 0.340. The number of amides is 1. The van der Waals surface area contributed by atoms with E-state index >= 15 is 0 Å². The van der Waals surface area contributed by atoms with Crippen molar-refractivity contribution in [2.24, 2.45) is 45.3 Å². The summed E-state index contributed by atoms with van der Waals surface area (Å²) < 4.78 is 24.9. The number of hydrogen-bond acceptors (Lipinski definition) is 7. The fraction of sp³-hybridized carbons (Fsp3) is 0.973. The fourth-order valence-corrected chi connectivity index (χ4v) is 12.9. The van der Waals surface area contributed by atoms with Gasteiger partial charge >= 0.3 is 0 Å². The molecule has 0 bridgehead atoms. The number of morpholine rings is 1. The first-order valence-electron chi connectivity index (χ1n) is 18.4. The molecule has 7 aliphatic rings. The molecule has 45 heavy (non-hydrogen) atoms. The van der Waals surface area contributed by atoms with Gasteiger partial charge in [-0.1, -0.05) is 20.8 Å². The molecule has 2 spiro atoms. The predicted molar refractivity (Wildman–Crippen MR) is 172 cm³/mol. The van der Waals surface area contributed by atoms with Crippen LogP contribution in [0.3, 0.4) is 0 Å². The monoisotopic (exact) mass is 630 g/mol. The van der Waals surface area contributed by atoms with Crippen LogP contribution in [0.5, 0.6) is 0 Å². The van der Waals surface area contributed by atoms with Gasteiger partial charge in [0.2, 0.25) is 5.91 Å². The molecule has 2 N–H and O–H groups in total. The van der Waals surface area contributed by atoms with Gasteiger partial charge in [0.15, 0.2) is 6.29 Å². The molecule has 5 saturated carbocycles. The van der Waals surface area contributed by atoms with E-state index in [1.807, 2.05) is 13.8 Å². The second kappa shape index (κ2) is 11.7. The van der Waals surface area contributed by atoms with Crippen molar-refractivity contribution in [2.45, 2.75) is 135 Å². The van der Waals surface area contributed by atoms with Crippen LogP contribution in [0, 0.1) is 45.3 Å². The van der Waals surface area contributed by atoms with Crippen LogP contribution in [0.25, 0.3) is 0 Å². The van der Waals surface area contributed by atoms with E-state index < -0.39 is 5.60 Å². The highest BCUT2D eigenvalue weighted by Gasteiger charge is 2.80. The van der Waals surface area contributed by atoms with Crippen LogP contribution in [0.15, 0.2) is 0 Å². The van der Waals surface area contributed by atoms with Crippen molar-refractivity contribution in [3.63, 3.8) is 0 Å². The molecule has 11 unspecified atom stereocenters. The van der Waals surface area contributed by atoms with Gasteiger partial charge < -0.3 is 29.4 Å². The molecular formula is C37H62N2O6. The number of hydrogen-bond donors (Lipinski definition) is 2. The highest BCUT2D eigenvalue weighted by atomic mass is 16.7. The van der Waals surface area contributed by atoms with Crippen LogP contribution in [0.1, 0.15) is 105 Å². The Morgan fingerprint density at radius 3 is 2.60 bits per heavy atom. The van der Waals surface area contributed by atoms with E-state index in [2.05, 4.69) is 31.0 Å². The molecule has 7 fully saturated rings. The minimum atomic E-state index is -0.659. The van der Waals surface area contributed by atoms with E-state index in [0.29, 0.717) is 67.0 Å². The van der Waals surface area contributed by atoms with E-state index in [4.69, 9.17) is 18.9 Å². The third kappa shape index (κ3) is 5.53. The molecule has 8 heteroatoms. The molecule has 256 valence electrons. The molecule has 2 heterocycles. The van der Waals surface area contributed by atoms with Crippen molar-refractivity contribution in [1.29, 1.82) is 0 Å². The van der Waals surface area contributed by atoms with Gasteiger partial charge in [-0.2, -0.15) is 0 Å². The molecule has 0 radical (unpaired) electrons. The predicted octanol–water partition coefficient (Wildman–Crippen LogP) is 5.16. The molecule has 2 saturated heterocycles.